The average Bonchev–Trinajstić information content (AvgIpc) is 3.16. The van der Waals surface area contributed by atoms with Crippen molar-refractivity contribution in [2.75, 3.05) is 11.4 Å². The molecule has 0 saturated carbocycles. The summed E-state index contributed by atoms with van der Waals surface area (Å²) in [6, 6.07) is 10.5. The van der Waals surface area contributed by atoms with Crippen molar-refractivity contribution in [2.24, 2.45) is 5.10 Å². The van der Waals surface area contributed by atoms with E-state index in [1.807, 2.05) is 13.0 Å². The number of hydrazone groups is 1. The van der Waals surface area contributed by atoms with Gasteiger partial charge in [-0.25, -0.2) is 5.43 Å². The van der Waals surface area contributed by atoms with Crippen LogP contribution in [0.3, 0.4) is 0 Å². The van der Waals surface area contributed by atoms with Crippen LogP contribution in [0.15, 0.2) is 45.9 Å². The predicted octanol–water partition coefficient (Wildman–Crippen LogP) is 2.48. The molecule has 1 fully saturated rings. The van der Waals surface area contributed by atoms with Gasteiger partial charge in [-0.1, -0.05) is 0 Å². The normalized spacial score (nSPS) is 14.7. The summed E-state index contributed by atoms with van der Waals surface area (Å²) in [6.45, 7) is 2.57. The van der Waals surface area contributed by atoms with Crippen molar-refractivity contribution in [1.82, 2.24) is 5.43 Å². The van der Waals surface area contributed by atoms with Gasteiger partial charge in [0.2, 0.25) is 5.91 Å². The van der Waals surface area contributed by atoms with Crippen molar-refractivity contribution >= 4 is 23.7 Å². The van der Waals surface area contributed by atoms with E-state index >= 15 is 0 Å². The number of nitrogens with one attached hydrogen (secondary N) is 1. The van der Waals surface area contributed by atoms with Gasteiger partial charge in [-0.15, -0.1) is 0 Å². The first-order valence-corrected chi connectivity index (χ1v) is 7.44. The molecular formula is C17H17N3O3. The van der Waals surface area contributed by atoms with E-state index in [0.29, 0.717) is 17.7 Å². The summed E-state index contributed by atoms with van der Waals surface area (Å²) in [7, 11) is 0. The third-order valence-electron chi connectivity index (χ3n) is 3.63. The maximum absolute atomic E-state index is 12.0. The van der Waals surface area contributed by atoms with Crippen LogP contribution in [0.4, 0.5) is 5.69 Å². The van der Waals surface area contributed by atoms with Gasteiger partial charge in [0.15, 0.2) is 0 Å². The lowest BCUT2D eigenvalue weighted by Gasteiger charge is -2.15. The maximum atomic E-state index is 12.0. The summed E-state index contributed by atoms with van der Waals surface area (Å²) in [5, 5.41) is 3.86. The number of hydrogen-bond acceptors (Lipinski definition) is 4. The lowest BCUT2D eigenvalue weighted by atomic mass is 10.2. The van der Waals surface area contributed by atoms with Crippen LogP contribution in [-0.2, 0) is 4.79 Å². The highest BCUT2D eigenvalue weighted by molar-refractivity contribution is 5.97. The van der Waals surface area contributed by atoms with Gasteiger partial charge in [-0.05, 0) is 49.7 Å². The van der Waals surface area contributed by atoms with E-state index in [9.17, 15) is 9.59 Å². The van der Waals surface area contributed by atoms with Crippen molar-refractivity contribution in [3.63, 3.8) is 0 Å². The summed E-state index contributed by atoms with van der Waals surface area (Å²) in [5.41, 5.74) is 3.74. The van der Waals surface area contributed by atoms with Crippen LogP contribution >= 0.6 is 0 Å². The van der Waals surface area contributed by atoms with Gasteiger partial charge in [-0.3, -0.25) is 9.59 Å². The standard InChI is InChI=1S/C17H17N3O3/c1-12-4-9-15(23-12)11-18-19-17(22)13-5-7-14(8-6-13)20-10-2-3-16(20)21/h4-9,11H,2-3,10H2,1H3,(H,19,22). The first kappa shape index (κ1) is 15.0. The fourth-order valence-electron chi connectivity index (χ4n) is 2.46. The van der Waals surface area contributed by atoms with E-state index < -0.39 is 0 Å². The fourth-order valence-corrected chi connectivity index (χ4v) is 2.46. The number of anilines is 1. The molecule has 1 aromatic heterocycles. The third-order valence-corrected chi connectivity index (χ3v) is 3.63. The zero-order valence-electron chi connectivity index (χ0n) is 12.8. The highest BCUT2D eigenvalue weighted by Gasteiger charge is 2.21. The van der Waals surface area contributed by atoms with Crippen molar-refractivity contribution in [3.8, 4) is 0 Å². The van der Waals surface area contributed by atoms with Crippen molar-refractivity contribution in [1.29, 1.82) is 0 Å². The molecule has 3 rings (SSSR count). The van der Waals surface area contributed by atoms with Crippen LogP contribution in [-0.4, -0.2) is 24.6 Å². The Kier molecular flexibility index (Phi) is 4.23. The van der Waals surface area contributed by atoms with Crippen LogP contribution < -0.4 is 10.3 Å². The molecule has 0 atom stereocenters. The molecule has 1 aliphatic rings. The summed E-state index contributed by atoms with van der Waals surface area (Å²) < 4.78 is 5.32. The zero-order chi connectivity index (χ0) is 16.2. The zero-order valence-corrected chi connectivity index (χ0v) is 12.8. The monoisotopic (exact) mass is 311 g/mol. The molecule has 6 heteroatoms. The number of amides is 2. The molecule has 6 nitrogen and oxygen atoms in total. The highest BCUT2D eigenvalue weighted by atomic mass is 16.3. The SMILES string of the molecule is Cc1ccc(C=NNC(=O)c2ccc(N3CCCC3=O)cc2)o1. The van der Waals surface area contributed by atoms with Gasteiger partial charge in [0.1, 0.15) is 11.5 Å². The van der Waals surface area contributed by atoms with Crippen molar-refractivity contribution < 1.29 is 14.0 Å². The third kappa shape index (κ3) is 3.48. The number of carbonyl (C=O) groups excluding carboxylic acids is 2. The molecule has 1 aliphatic heterocycles. The van der Waals surface area contributed by atoms with Gasteiger partial charge in [0, 0.05) is 24.2 Å². The topological polar surface area (TPSA) is 74.9 Å². The Bertz CT molecular complexity index is 747. The molecule has 0 radical (unpaired) electrons. The Morgan fingerprint density at radius 3 is 2.65 bits per heavy atom. The number of benzene rings is 1. The first-order chi connectivity index (χ1) is 11.1. The molecule has 118 valence electrons. The smallest absolute Gasteiger partial charge is 0.271 e. The van der Waals surface area contributed by atoms with E-state index in [0.717, 1.165) is 24.4 Å². The number of carbonyl (C=O) groups is 2. The van der Waals surface area contributed by atoms with Crippen LogP contribution in [0.2, 0.25) is 0 Å². The minimum atomic E-state index is -0.316. The van der Waals surface area contributed by atoms with E-state index in [2.05, 4.69) is 10.5 Å². The minimum Gasteiger partial charge on any atom is -0.460 e. The molecule has 1 N–H and O–H groups in total. The molecule has 2 amide bonds. The van der Waals surface area contributed by atoms with Crippen LogP contribution in [0.25, 0.3) is 0 Å². The lowest BCUT2D eigenvalue weighted by molar-refractivity contribution is -0.117. The van der Waals surface area contributed by atoms with Crippen LogP contribution in [0, 0.1) is 6.92 Å². The number of furan rings is 1. The average molecular weight is 311 g/mol. The van der Waals surface area contributed by atoms with Crippen LogP contribution in [0.1, 0.15) is 34.7 Å². The van der Waals surface area contributed by atoms with Crippen molar-refractivity contribution in [2.45, 2.75) is 19.8 Å². The molecule has 2 heterocycles. The largest absolute Gasteiger partial charge is 0.460 e. The van der Waals surface area contributed by atoms with E-state index in [4.69, 9.17) is 4.42 Å². The van der Waals surface area contributed by atoms with E-state index in [-0.39, 0.29) is 11.8 Å². The van der Waals surface area contributed by atoms with Gasteiger partial charge in [0.25, 0.3) is 5.91 Å². The second-order valence-electron chi connectivity index (χ2n) is 5.34. The Morgan fingerprint density at radius 2 is 2.04 bits per heavy atom. The molecule has 1 saturated heterocycles. The summed E-state index contributed by atoms with van der Waals surface area (Å²) in [5.74, 6) is 1.17. The Morgan fingerprint density at radius 1 is 1.26 bits per heavy atom. The van der Waals surface area contributed by atoms with Gasteiger partial charge in [0.05, 0.1) is 6.21 Å². The number of nitrogens with zero attached hydrogens (tertiary/aromatic N) is 2. The number of rotatable bonds is 4. The van der Waals surface area contributed by atoms with Gasteiger partial charge in [-0.2, -0.15) is 5.10 Å². The molecule has 0 aliphatic carbocycles. The predicted molar refractivity (Wildman–Crippen MR) is 86.5 cm³/mol. The second kappa shape index (κ2) is 6.48. The molecule has 0 unspecified atom stereocenters. The summed E-state index contributed by atoms with van der Waals surface area (Å²) >= 11 is 0. The quantitative estimate of drug-likeness (QED) is 0.696. The van der Waals surface area contributed by atoms with Gasteiger partial charge < -0.3 is 9.32 Å². The Balaban J connectivity index is 1.61. The van der Waals surface area contributed by atoms with E-state index in [1.54, 1.807) is 35.2 Å². The number of hydrogen-bond donors (Lipinski definition) is 1. The molecule has 23 heavy (non-hydrogen) atoms. The van der Waals surface area contributed by atoms with E-state index in [1.165, 1.54) is 6.21 Å². The maximum Gasteiger partial charge on any atom is 0.271 e. The van der Waals surface area contributed by atoms with Crippen LogP contribution in [0.5, 0.6) is 0 Å². The summed E-state index contributed by atoms with van der Waals surface area (Å²) in [6.07, 6.45) is 2.91. The Labute approximate surface area is 133 Å². The van der Waals surface area contributed by atoms with Crippen molar-refractivity contribution in [3.05, 3.63) is 53.5 Å². The fraction of sp³-hybridized carbons (Fsp3) is 0.235. The minimum absolute atomic E-state index is 0.126. The molecule has 1 aromatic carbocycles. The molecular weight excluding hydrogens is 294 g/mol. The Hall–Kier alpha value is -2.89. The first-order valence-electron chi connectivity index (χ1n) is 7.44. The highest BCUT2D eigenvalue weighted by Crippen LogP contribution is 2.21. The molecule has 0 spiro atoms. The van der Waals surface area contributed by atoms with Gasteiger partial charge >= 0.3 is 0 Å². The summed E-state index contributed by atoms with van der Waals surface area (Å²) in [4.78, 5) is 25.4. The number of aryl methyl sites for hydroxylation is 1. The second-order valence-corrected chi connectivity index (χ2v) is 5.34. The lowest BCUT2D eigenvalue weighted by Crippen LogP contribution is -2.24. The molecule has 0 bridgehead atoms. The molecule has 2 aromatic rings.